The van der Waals surface area contributed by atoms with E-state index in [-0.39, 0.29) is 11.5 Å². The van der Waals surface area contributed by atoms with Crippen molar-refractivity contribution < 1.29 is 14.7 Å². The van der Waals surface area contributed by atoms with Gasteiger partial charge in [0.05, 0.1) is 0 Å². The molecular formula is C12H11NO3S2. The van der Waals surface area contributed by atoms with Gasteiger partial charge in [-0.2, -0.15) is 0 Å². The third kappa shape index (κ3) is 2.44. The summed E-state index contributed by atoms with van der Waals surface area (Å²) in [6.07, 6.45) is 0. The van der Waals surface area contributed by atoms with Crippen LogP contribution >= 0.6 is 22.7 Å². The zero-order valence-corrected chi connectivity index (χ0v) is 11.4. The average Bonchev–Trinajstić information content (AvgIpc) is 2.83. The largest absolute Gasteiger partial charge is 0.478 e. The van der Waals surface area contributed by atoms with Gasteiger partial charge < -0.3 is 10.4 Å². The van der Waals surface area contributed by atoms with Gasteiger partial charge >= 0.3 is 5.97 Å². The number of carbonyl (C=O) groups excluding carboxylic acids is 1. The lowest BCUT2D eigenvalue weighted by Gasteiger charge is -2.02. The number of carbonyl (C=O) groups is 2. The maximum atomic E-state index is 11.3. The Bertz CT molecular complexity index is 613. The molecule has 2 aromatic heterocycles. The van der Waals surface area contributed by atoms with Crippen molar-refractivity contribution in [2.24, 2.45) is 0 Å². The normalized spacial score (nSPS) is 10.3. The van der Waals surface area contributed by atoms with Gasteiger partial charge in [-0.05, 0) is 19.1 Å². The second kappa shape index (κ2) is 4.91. The molecule has 0 aliphatic rings. The minimum atomic E-state index is -1.03. The first kappa shape index (κ1) is 12.8. The number of thiophene rings is 2. The zero-order valence-electron chi connectivity index (χ0n) is 9.81. The van der Waals surface area contributed by atoms with E-state index in [1.165, 1.54) is 29.6 Å². The fourth-order valence-corrected chi connectivity index (χ4v) is 3.55. The smallest absolute Gasteiger partial charge is 0.339 e. The Labute approximate surface area is 112 Å². The molecule has 0 bridgehead atoms. The molecule has 0 atom stereocenters. The molecule has 0 saturated carbocycles. The summed E-state index contributed by atoms with van der Waals surface area (Å²) in [5.41, 5.74) is 0.825. The molecule has 2 aromatic rings. The van der Waals surface area contributed by atoms with Crippen molar-refractivity contribution in [2.75, 3.05) is 5.32 Å². The SMILES string of the molecule is CC(=O)Nc1scc(-c2ccc(C)s2)c1C(=O)O. The van der Waals surface area contributed by atoms with Crippen LogP contribution < -0.4 is 5.32 Å². The first-order valence-corrected chi connectivity index (χ1v) is 6.88. The Hall–Kier alpha value is -1.66. The van der Waals surface area contributed by atoms with Gasteiger partial charge in [0.25, 0.3) is 0 Å². The minimum Gasteiger partial charge on any atom is -0.478 e. The van der Waals surface area contributed by atoms with Crippen molar-refractivity contribution in [2.45, 2.75) is 13.8 Å². The number of hydrogen-bond donors (Lipinski definition) is 2. The van der Waals surface area contributed by atoms with Crippen LogP contribution in [-0.4, -0.2) is 17.0 Å². The molecule has 0 spiro atoms. The standard InChI is InChI=1S/C12H11NO3S2/c1-6-3-4-9(18-6)8-5-17-11(13-7(2)14)10(8)12(15)16/h3-5H,1-2H3,(H,13,14)(H,15,16). The summed E-state index contributed by atoms with van der Waals surface area (Å²) < 4.78 is 0. The first-order chi connectivity index (χ1) is 8.49. The Morgan fingerprint density at radius 3 is 2.56 bits per heavy atom. The van der Waals surface area contributed by atoms with Crippen LogP contribution in [0.3, 0.4) is 0 Å². The molecule has 0 radical (unpaired) electrons. The van der Waals surface area contributed by atoms with Crippen LogP contribution in [0.2, 0.25) is 0 Å². The number of nitrogens with one attached hydrogen (secondary N) is 1. The molecule has 0 unspecified atom stereocenters. The maximum Gasteiger partial charge on any atom is 0.339 e. The Balaban J connectivity index is 2.51. The number of carboxylic acid groups (broad SMARTS) is 1. The second-order valence-electron chi connectivity index (χ2n) is 3.75. The zero-order chi connectivity index (χ0) is 13.3. The highest BCUT2D eigenvalue weighted by molar-refractivity contribution is 7.17. The molecule has 0 saturated heterocycles. The lowest BCUT2D eigenvalue weighted by Crippen LogP contribution is -2.08. The second-order valence-corrected chi connectivity index (χ2v) is 5.92. The number of anilines is 1. The predicted molar refractivity (Wildman–Crippen MR) is 73.6 cm³/mol. The van der Waals surface area contributed by atoms with E-state index < -0.39 is 5.97 Å². The molecule has 2 heterocycles. The molecule has 1 amide bonds. The van der Waals surface area contributed by atoms with E-state index in [1.807, 2.05) is 19.1 Å². The molecule has 4 nitrogen and oxygen atoms in total. The molecule has 94 valence electrons. The summed E-state index contributed by atoms with van der Waals surface area (Å²) in [4.78, 5) is 24.4. The monoisotopic (exact) mass is 281 g/mol. The number of hydrogen-bond acceptors (Lipinski definition) is 4. The highest BCUT2D eigenvalue weighted by Crippen LogP contribution is 2.38. The van der Waals surface area contributed by atoms with Crippen molar-refractivity contribution in [3.8, 4) is 10.4 Å². The molecule has 6 heteroatoms. The van der Waals surface area contributed by atoms with E-state index in [9.17, 15) is 14.7 Å². The van der Waals surface area contributed by atoms with Crippen LogP contribution in [0.25, 0.3) is 10.4 Å². The summed E-state index contributed by atoms with van der Waals surface area (Å²) in [5.74, 6) is -1.30. The van der Waals surface area contributed by atoms with Crippen molar-refractivity contribution in [3.05, 3.63) is 28.0 Å². The highest BCUT2D eigenvalue weighted by atomic mass is 32.1. The summed E-state index contributed by atoms with van der Waals surface area (Å²) in [5, 5.41) is 14.0. The third-order valence-corrected chi connectivity index (χ3v) is 4.23. The Morgan fingerprint density at radius 1 is 1.33 bits per heavy atom. The topological polar surface area (TPSA) is 66.4 Å². The number of amides is 1. The summed E-state index contributed by atoms with van der Waals surface area (Å²) in [6.45, 7) is 3.33. The van der Waals surface area contributed by atoms with E-state index in [1.54, 1.807) is 5.38 Å². The van der Waals surface area contributed by atoms with Gasteiger partial charge in [0.15, 0.2) is 0 Å². The van der Waals surface area contributed by atoms with Crippen LogP contribution in [0.1, 0.15) is 22.2 Å². The first-order valence-electron chi connectivity index (χ1n) is 5.18. The molecule has 0 fully saturated rings. The van der Waals surface area contributed by atoms with Crippen LogP contribution in [0.15, 0.2) is 17.5 Å². The molecule has 0 aliphatic carbocycles. The van der Waals surface area contributed by atoms with E-state index in [0.717, 1.165) is 9.75 Å². The van der Waals surface area contributed by atoms with Gasteiger partial charge in [0, 0.05) is 27.6 Å². The molecule has 18 heavy (non-hydrogen) atoms. The molecule has 0 aromatic carbocycles. The summed E-state index contributed by atoms with van der Waals surface area (Å²) in [7, 11) is 0. The fourth-order valence-electron chi connectivity index (χ4n) is 1.58. The number of aromatic carboxylic acids is 1. The van der Waals surface area contributed by atoms with Crippen molar-refractivity contribution in [1.29, 1.82) is 0 Å². The van der Waals surface area contributed by atoms with E-state index in [0.29, 0.717) is 10.6 Å². The van der Waals surface area contributed by atoms with E-state index in [4.69, 9.17) is 0 Å². The van der Waals surface area contributed by atoms with Gasteiger partial charge in [-0.1, -0.05) is 0 Å². The van der Waals surface area contributed by atoms with Crippen molar-refractivity contribution in [3.63, 3.8) is 0 Å². The average molecular weight is 281 g/mol. The van der Waals surface area contributed by atoms with Crippen LogP contribution in [0, 0.1) is 6.92 Å². The van der Waals surface area contributed by atoms with Gasteiger partial charge in [0.1, 0.15) is 10.6 Å². The van der Waals surface area contributed by atoms with Crippen LogP contribution in [0.5, 0.6) is 0 Å². The summed E-state index contributed by atoms with van der Waals surface area (Å²) in [6, 6.07) is 3.84. The van der Waals surface area contributed by atoms with Crippen LogP contribution in [-0.2, 0) is 4.79 Å². The molecule has 0 aliphatic heterocycles. The molecular weight excluding hydrogens is 270 g/mol. The Kier molecular flexibility index (Phi) is 3.49. The minimum absolute atomic E-state index is 0.164. The number of aryl methyl sites for hydroxylation is 1. The van der Waals surface area contributed by atoms with Gasteiger partial charge in [-0.3, -0.25) is 4.79 Å². The van der Waals surface area contributed by atoms with Crippen molar-refractivity contribution >= 4 is 39.6 Å². The van der Waals surface area contributed by atoms with E-state index >= 15 is 0 Å². The lowest BCUT2D eigenvalue weighted by atomic mass is 10.1. The predicted octanol–water partition coefficient (Wildman–Crippen LogP) is 3.44. The quantitative estimate of drug-likeness (QED) is 0.905. The van der Waals surface area contributed by atoms with Gasteiger partial charge in [-0.25, -0.2) is 4.79 Å². The van der Waals surface area contributed by atoms with E-state index in [2.05, 4.69) is 5.32 Å². The number of rotatable bonds is 3. The van der Waals surface area contributed by atoms with Crippen molar-refractivity contribution in [1.82, 2.24) is 0 Å². The third-order valence-electron chi connectivity index (χ3n) is 2.30. The maximum absolute atomic E-state index is 11.3. The lowest BCUT2D eigenvalue weighted by molar-refractivity contribution is -0.114. The van der Waals surface area contributed by atoms with Crippen LogP contribution in [0.4, 0.5) is 5.00 Å². The number of carboxylic acids is 1. The fraction of sp³-hybridized carbons (Fsp3) is 0.167. The van der Waals surface area contributed by atoms with Gasteiger partial charge in [0.2, 0.25) is 5.91 Å². The highest BCUT2D eigenvalue weighted by Gasteiger charge is 2.20. The Morgan fingerprint density at radius 2 is 2.06 bits per heavy atom. The summed E-state index contributed by atoms with van der Waals surface area (Å²) >= 11 is 2.77. The molecule has 2 N–H and O–H groups in total. The molecule has 2 rings (SSSR count). The van der Waals surface area contributed by atoms with Gasteiger partial charge in [-0.15, -0.1) is 22.7 Å².